The zero-order valence-corrected chi connectivity index (χ0v) is 17.7. The Bertz CT molecular complexity index is 1080. The van der Waals surface area contributed by atoms with E-state index in [0.717, 1.165) is 10.5 Å². The van der Waals surface area contributed by atoms with E-state index in [1.807, 2.05) is 6.92 Å². The molecule has 0 bridgehead atoms. The predicted molar refractivity (Wildman–Crippen MR) is 99.8 cm³/mol. The highest BCUT2D eigenvalue weighted by Crippen LogP contribution is 2.46. The Kier molecular flexibility index (Phi) is 4.45. The van der Waals surface area contributed by atoms with Gasteiger partial charge in [0.05, 0.1) is 4.90 Å². The molecule has 0 unspecified atom stereocenters. The highest BCUT2D eigenvalue weighted by Gasteiger charge is 2.72. The summed E-state index contributed by atoms with van der Waals surface area (Å²) in [4.78, 5) is 24.8. The number of rotatable bonds is 4. The Morgan fingerprint density at radius 1 is 1.18 bits per heavy atom. The Hall–Kier alpha value is -1.98. The van der Waals surface area contributed by atoms with E-state index in [9.17, 15) is 31.5 Å². The first-order valence-corrected chi connectivity index (χ1v) is 11.6. The summed E-state index contributed by atoms with van der Waals surface area (Å²) < 4.78 is 52.0. The van der Waals surface area contributed by atoms with Crippen LogP contribution in [0.15, 0.2) is 17.0 Å². The van der Waals surface area contributed by atoms with Gasteiger partial charge in [-0.1, -0.05) is 17.7 Å². The van der Waals surface area contributed by atoms with Crippen molar-refractivity contribution in [2.24, 2.45) is 0 Å². The van der Waals surface area contributed by atoms with E-state index in [2.05, 4.69) is 4.72 Å². The van der Waals surface area contributed by atoms with Crippen LogP contribution in [0.3, 0.4) is 0 Å². The van der Waals surface area contributed by atoms with Crippen molar-refractivity contribution in [2.45, 2.75) is 61.7 Å². The van der Waals surface area contributed by atoms with Crippen molar-refractivity contribution >= 4 is 31.7 Å². The van der Waals surface area contributed by atoms with Gasteiger partial charge in [0.25, 0.3) is 0 Å². The van der Waals surface area contributed by atoms with E-state index in [-0.39, 0.29) is 4.90 Å². The Balaban J connectivity index is 2.02. The van der Waals surface area contributed by atoms with Gasteiger partial charge in [-0.3, -0.25) is 4.79 Å². The van der Waals surface area contributed by atoms with Crippen molar-refractivity contribution in [1.82, 2.24) is 9.62 Å². The number of sulfone groups is 1. The van der Waals surface area contributed by atoms with Crippen LogP contribution in [-0.2, 0) is 29.4 Å². The molecule has 2 aliphatic heterocycles. The standard InChI is InChI=1S/C17H22N2O7S2/c1-8-6-9(2)12(10(3)7-8)28(25,26)18-11-14(20)19-13(16(21)22)17(4,5)27(23,24)15(11)19/h6-7,11,13,15,18H,1-5H3,(H,21,22)/t11-,13+,15-/m1/s1. The van der Waals surface area contributed by atoms with E-state index >= 15 is 0 Å². The lowest BCUT2D eigenvalue weighted by atomic mass is 9.96. The molecule has 3 atom stereocenters. The van der Waals surface area contributed by atoms with Gasteiger partial charge in [-0.2, -0.15) is 4.72 Å². The van der Waals surface area contributed by atoms with Gasteiger partial charge in [0.2, 0.25) is 15.9 Å². The summed E-state index contributed by atoms with van der Waals surface area (Å²) in [6.45, 7) is 7.49. The molecule has 2 aliphatic rings. The van der Waals surface area contributed by atoms with E-state index in [0.29, 0.717) is 11.1 Å². The van der Waals surface area contributed by atoms with Crippen LogP contribution >= 0.6 is 0 Å². The summed E-state index contributed by atoms with van der Waals surface area (Å²) in [5, 5.41) is 7.88. The maximum absolute atomic E-state index is 12.9. The molecule has 0 aliphatic carbocycles. The third kappa shape index (κ3) is 2.60. The molecule has 28 heavy (non-hydrogen) atoms. The van der Waals surface area contributed by atoms with Gasteiger partial charge in [-0.25, -0.2) is 21.6 Å². The number of nitrogens with one attached hydrogen (secondary N) is 1. The van der Waals surface area contributed by atoms with Gasteiger partial charge in [-0.05, 0) is 45.7 Å². The molecule has 1 amide bonds. The summed E-state index contributed by atoms with van der Waals surface area (Å²) in [6, 6.07) is 0.218. The molecule has 2 heterocycles. The van der Waals surface area contributed by atoms with Gasteiger partial charge in [-0.15, -0.1) is 0 Å². The molecule has 11 heteroatoms. The van der Waals surface area contributed by atoms with E-state index in [1.165, 1.54) is 13.8 Å². The molecule has 3 rings (SSSR count). The molecular formula is C17H22N2O7S2. The summed E-state index contributed by atoms with van der Waals surface area (Å²) in [5.74, 6) is -2.31. The van der Waals surface area contributed by atoms with Crippen LogP contribution in [0.2, 0.25) is 0 Å². The quantitative estimate of drug-likeness (QED) is 0.646. The molecule has 1 aromatic rings. The fourth-order valence-corrected chi connectivity index (χ4v) is 8.18. The predicted octanol–water partition coefficient (Wildman–Crippen LogP) is 0.0873. The van der Waals surface area contributed by atoms with Gasteiger partial charge in [0.1, 0.15) is 16.8 Å². The number of benzene rings is 1. The number of nitrogens with zero attached hydrogens (tertiary/aromatic N) is 1. The Morgan fingerprint density at radius 3 is 2.14 bits per heavy atom. The normalized spacial score (nSPS) is 28.0. The molecule has 0 radical (unpaired) electrons. The molecular weight excluding hydrogens is 408 g/mol. The van der Waals surface area contributed by atoms with Crippen LogP contribution in [0.25, 0.3) is 0 Å². The number of carbonyl (C=O) groups excluding carboxylic acids is 1. The minimum absolute atomic E-state index is 0.0196. The van der Waals surface area contributed by atoms with Gasteiger partial charge < -0.3 is 10.0 Å². The average Bonchev–Trinajstić information content (AvgIpc) is 2.64. The molecule has 9 nitrogen and oxygen atoms in total. The SMILES string of the molecule is Cc1cc(C)c(S(=O)(=O)N[C@@H]2C(=O)N3[C@@H](C(=O)O)C(C)(C)S(=O)(=O)[C@H]23)c(C)c1. The highest BCUT2D eigenvalue weighted by molar-refractivity contribution is 7.94. The van der Waals surface area contributed by atoms with Gasteiger partial charge in [0.15, 0.2) is 15.2 Å². The fourth-order valence-electron chi connectivity index (χ4n) is 4.23. The molecule has 2 N–H and O–H groups in total. The van der Waals surface area contributed by atoms with E-state index < -0.39 is 53.9 Å². The third-order valence-electron chi connectivity index (χ3n) is 5.46. The van der Waals surface area contributed by atoms with Gasteiger partial charge >= 0.3 is 5.97 Å². The lowest BCUT2D eigenvalue weighted by Crippen LogP contribution is -2.72. The lowest BCUT2D eigenvalue weighted by molar-refractivity contribution is -0.159. The second-order valence-electron chi connectivity index (χ2n) is 7.85. The largest absolute Gasteiger partial charge is 0.480 e. The number of amides is 1. The number of aliphatic carboxylic acids is 1. The van der Waals surface area contributed by atoms with E-state index in [4.69, 9.17) is 0 Å². The van der Waals surface area contributed by atoms with Crippen molar-refractivity contribution in [3.63, 3.8) is 0 Å². The number of carboxylic acids is 1. The van der Waals surface area contributed by atoms with E-state index in [1.54, 1.807) is 26.0 Å². The molecule has 154 valence electrons. The zero-order valence-electron chi connectivity index (χ0n) is 16.0. The van der Waals surface area contributed by atoms with Crippen LogP contribution in [-0.4, -0.2) is 60.9 Å². The minimum Gasteiger partial charge on any atom is -0.480 e. The molecule has 2 fully saturated rings. The second kappa shape index (κ2) is 6.01. The number of β-lactam (4-membered cyclic amide) rings is 1. The number of sulfonamides is 1. The van der Waals surface area contributed by atoms with Crippen molar-refractivity contribution in [3.05, 3.63) is 28.8 Å². The zero-order chi connectivity index (χ0) is 21.4. The summed E-state index contributed by atoms with van der Waals surface area (Å²) in [7, 11) is -8.33. The molecule has 1 aromatic carbocycles. The maximum atomic E-state index is 12.9. The third-order valence-corrected chi connectivity index (χ3v) is 10.0. The number of carboxylic acid groups (broad SMARTS) is 1. The molecule has 0 aromatic heterocycles. The van der Waals surface area contributed by atoms with Crippen LogP contribution in [0.5, 0.6) is 0 Å². The summed E-state index contributed by atoms with van der Waals surface area (Å²) >= 11 is 0. The minimum atomic E-state index is -4.20. The van der Waals surface area contributed by atoms with Crippen LogP contribution in [0.4, 0.5) is 0 Å². The summed E-state index contributed by atoms with van der Waals surface area (Å²) in [6.07, 6.45) is 0. The summed E-state index contributed by atoms with van der Waals surface area (Å²) in [5.41, 5.74) is 1.79. The first-order valence-electron chi connectivity index (χ1n) is 8.53. The van der Waals surface area contributed by atoms with Crippen molar-refractivity contribution in [1.29, 1.82) is 0 Å². The second-order valence-corrected chi connectivity index (χ2v) is 12.1. The molecule has 0 saturated carbocycles. The van der Waals surface area contributed by atoms with Crippen molar-refractivity contribution in [3.8, 4) is 0 Å². The Labute approximate surface area is 163 Å². The molecule has 0 spiro atoms. The highest BCUT2D eigenvalue weighted by atomic mass is 32.2. The topological polar surface area (TPSA) is 138 Å². The maximum Gasteiger partial charge on any atom is 0.328 e. The average molecular weight is 431 g/mol. The van der Waals surface area contributed by atoms with Crippen molar-refractivity contribution in [2.75, 3.05) is 0 Å². The van der Waals surface area contributed by atoms with Crippen LogP contribution in [0.1, 0.15) is 30.5 Å². The Morgan fingerprint density at radius 2 is 1.68 bits per heavy atom. The number of fused-ring (bicyclic) bond motifs is 1. The van der Waals surface area contributed by atoms with Crippen LogP contribution < -0.4 is 4.72 Å². The molecule has 2 saturated heterocycles. The smallest absolute Gasteiger partial charge is 0.328 e. The van der Waals surface area contributed by atoms with Gasteiger partial charge in [0, 0.05) is 0 Å². The first kappa shape index (κ1) is 20.7. The monoisotopic (exact) mass is 430 g/mol. The van der Waals surface area contributed by atoms with Crippen molar-refractivity contribution < 1.29 is 31.5 Å². The first-order chi connectivity index (χ1) is 12.6. The number of hydrogen-bond acceptors (Lipinski definition) is 6. The number of aryl methyl sites for hydroxylation is 3. The lowest BCUT2D eigenvalue weighted by Gasteiger charge is -2.42. The van der Waals surface area contributed by atoms with Crippen LogP contribution in [0, 0.1) is 20.8 Å². The number of hydrogen-bond donors (Lipinski definition) is 2. The number of carbonyl (C=O) groups is 2. The fraction of sp³-hybridized carbons (Fsp3) is 0.529.